The summed E-state index contributed by atoms with van der Waals surface area (Å²) in [6, 6.07) is 0. The van der Waals surface area contributed by atoms with Crippen LogP contribution in [0.4, 0.5) is 0 Å². The Labute approximate surface area is 110 Å². The Balaban J connectivity index is 0. The molecule has 3 nitrogen and oxygen atoms in total. The van der Waals surface area contributed by atoms with Crippen molar-refractivity contribution in [1.82, 2.24) is 0 Å². The van der Waals surface area contributed by atoms with Crippen LogP contribution in [-0.4, -0.2) is 22.2 Å². The van der Waals surface area contributed by atoms with Gasteiger partial charge in [-0.2, -0.15) is 0 Å². The number of carbonyl (C=O) groups is 1. The van der Waals surface area contributed by atoms with Gasteiger partial charge in [0.05, 0.1) is 5.97 Å². The van der Waals surface area contributed by atoms with Gasteiger partial charge >= 0.3 is 29.6 Å². The van der Waals surface area contributed by atoms with E-state index in [-0.39, 0.29) is 33.9 Å². The van der Waals surface area contributed by atoms with E-state index in [1.54, 1.807) is 6.92 Å². The van der Waals surface area contributed by atoms with Crippen LogP contribution in [0.15, 0.2) is 0 Å². The summed E-state index contributed by atoms with van der Waals surface area (Å²) in [5.74, 6) is -0.431. The molecule has 0 unspecified atom stereocenters. The molecule has 0 saturated carbocycles. The average molecular weight is 230 g/mol. The van der Waals surface area contributed by atoms with Crippen molar-refractivity contribution in [2.24, 2.45) is 0 Å². The zero-order chi connectivity index (χ0) is 9.56. The smallest absolute Gasteiger partial charge is 0.546 e. The van der Waals surface area contributed by atoms with Gasteiger partial charge in [0.2, 0.25) is 4.38 Å². The van der Waals surface area contributed by atoms with Crippen molar-refractivity contribution >= 4 is 34.3 Å². The van der Waals surface area contributed by atoms with Crippen LogP contribution in [0.1, 0.15) is 20.3 Å². The van der Waals surface area contributed by atoms with Gasteiger partial charge in [0, 0.05) is 0 Å². The Kier molecular flexibility index (Phi) is 11.5. The maximum Gasteiger partial charge on any atom is 1.00 e. The fraction of sp³-hybridized carbons (Fsp3) is 0.714. The van der Waals surface area contributed by atoms with Crippen LogP contribution in [0.25, 0.3) is 0 Å². The molecule has 0 aliphatic carbocycles. The van der Waals surface area contributed by atoms with Crippen LogP contribution >= 0.6 is 24.0 Å². The van der Waals surface area contributed by atoms with Gasteiger partial charge in [0.25, 0.3) is 0 Å². The van der Waals surface area contributed by atoms with Crippen LogP contribution in [0.2, 0.25) is 0 Å². The molecule has 0 aromatic carbocycles. The number of hydrogen-bond acceptors (Lipinski definition) is 5. The van der Waals surface area contributed by atoms with Crippen LogP contribution in [0.5, 0.6) is 0 Å². The number of carbonyl (C=O) groups excluding carboxylic acids is 1. The molecular formula is C7H11NaO3S2. The van der Waals surface area contributed by atoms with Crippen molar-refractivity contribution in [3.63, 3.8) is 0 Å². The fourth-order valence-corrected chi connectivity index (χ4v) is 1.46. The summed E-state index contributed by atoms with van der Waals surface area (Å²) in [4.78, 5) is 10.4. The summed E-state index contributed by atoms with van der Waals surface area (Å²) in [5.41, 5.74) is 0. The van der Waals surface area contributed by atoms with Crippen molar-refractivity contribution in [2.75, 3.05) is 5.75 Å². The summed E-state index contributed by atoms with van der Waals surface area (Å²) in [5, 5.41) is 10.4. The molecule has 0 aliphatic rings. The molecule has 1 atom stereocenters. The monoisotopic (exact) mass is 230 g/mol. The second kappa shape index (κ2) is 9.27. The SMILES string of the molecule is CCSC(=S)O[C@@H](CC)C(=O)[O-].[Na+]. The first-order valence-corrected chi connectivity index (χ1v) is 5.05. The van der Waals surface area contributed by atoms with E-state index in [9.17, 15) is 9.90 Å². The number of carboxylic acids is 1. The molecule has 0 radical (unpaired) electrons. The topological polar surface area (TPSA) is 49.4 Å². The Hall–Kier alpha value is 0.710. The maximum atomic E-state index is 10.4. The summed E-state index contributed by atoms with van der Waals surface area (Å²) in [7, 11) is 0. The minimum Gasteiger partial charge on any atom is -0.546 e. The van der Waals surface area contributed by atoms with E-state index in [4.69, 9.17) is 17.0 Å². The third-order valence-corrected chi connectivity index (χ3v) is 2.20. The first-order chi connectivity index (χ1) is 5.61. The van der Waals surface area contributed by atoms with Crippen molar-refractivity contribution in [2.45, 2.75) is 26.4 Å². The molecule has 0 aromatic rings. The molecule has 13 heavy (non-hydrogen) atoms. The molecule has 0 fully saturated rings. The first kappa shape index (κ1) is 16.2. The predicted molar refractivity (Wildman–Crippen MR) is 50.9 cm³/mol. The number of thiocarbonyl (C=S) groups is 1. The molecule has 0 heterocycles. The summed E-state index contributed by atoms with van der Waals surface area (Å²) >= 11 is 6.08. The molecular weight excluding hydrogens is 219 g/mol. The molecule has 0 spiro atoms. The van der Waals surface area contributed by atoms with Crippen molar-refractivity contribution < 1.29 is 44.2 Å². The Morgan fingerprint density at radius 2 is 2.15 bits per heavy atom. The zero-order valence-electron chi connectivity index (χ0n) is 8.03. The standard InChI is InChI=1S/C7H12O3S2.Na/c1-3-5(6(8)9)10-7(11)12-4-2;/h5H,3-4H2,1-2H3,(H,8,9);/q;+1/p-1/t5-;/m0./s1. The van der Waals surface area contributed by atoms with Gasteiger partial charge in [-0.05, 0) is 24.4 Å². The van der Waals surface area contributed by atoms with Gasteiger partial charge in [0.15, 0.2) is 0 Å². The molecule has 6 heteroatoms. The molecule has 0 bridgehead atoms. The molecule has 0 N–H and O–H groups in total. The predicted octanol–water partition coefficient (Wildman–Crippen LogP) is -2.43. The Morgan fingerprint density at radius 1 is 1.62 bits per heavy atom. The van der Waals surface area contributed by atoms with Crippen LogP contribution < -0.4 is 34.7 Å². The average Bonchev–Trinajstić information content (AvgIpc) is 2.00. The van der Waals surface area contributed by atoms with Crippen LogP contribution in [-0.2, 0) is 9.53 Å². The van der Waals surface area contributed by atoms with Crippen molar-refractivity contribution in [1.29, 1.82) is 0 Å². The second-order valence-electron chi connectivity index (χ2n) is 2.02. The number of ether oxygens (including phenoxy) is 1. The quantitative estimate of drug-likeness (QED) is 0.397. The number of hydrogen-bond donors (Lipinski definition) is 0. The van der Waals surface area contributed by atoms with E-state index in [1.807, 2.05) is 6.92 Å². The van der Waals surface area contributed by atoms with E-state index in [2.05, 4.69) is 0 Å². The van der Waals surface area contributed by atoms with E-state index < -0.39 is 12.1 Å². The van der Waals surface area contributed by atoms with Crippen molar-refractivity contribution in [3.05, 3.63) is 0 Å². The molecule has 0 rings (SSSR count). The maximum absolute atomic E-state index is 10.4. The molecule has 70 valence electrons. The van der Waals surface area contributed by atoms with E-state index in [1.165, 1.54) is 11.8 Å². The molecule has 0 aromatic heterocycles. The molecule has 0 amide bonds. The second-order valence-corrected chi connectivity index (χ2v) is 3.88. The van der Waals surface area contributed by atoms with Gasteiger partial charge in [-0.15, -0.1) is 0 Å². The number of rotatable bonds is 4. The first-order valence-electron chi connectivity index (χ1n) is 3.66. The zero-order valence-corrected chi connectivity index (χ0v) is 11.7. The Bertz CT molecular complexity index is 175. The number of carboxylic acid groups (broad SMARTS) is 1. The Morgan fingerprint density at radius 3 is 2.46 bits per heavy atom. The third kappa shape index (κ3) is 7.76. The third-order valence-electron chi connectivity index (χ3n) is 1.13. The van der Waals surface area contributed by atoms with Crippen molar-refractivity contribution in [3.8, 4) is 0 Å². The van der Waals surface area contributed by atoms with Gasteiger partial charge in [-0.3, -0.25) is 0 Å². The summed E-state index contributed by atoms with van der Waals surface area (Å²) < 4.78 is 5.21. The van der Waals surface area contributed by atoms with E-state index in [0.29, 0.717) is 6.42 Å². The molecule has 0 saturated heterocycles. The van der Waals surface area contributed by atoms with Crippen LogP contribution in [0.3, 0.4) is 0 Å². The van der Waals surface area contributed by atoms with Gasteiger partial charge in [-0.25, -0.2) is 0 Å². The summed E-state index contributed by atoms with van der Waals surface area (Å²) in [6.07, 6.45) is -0.538. The normalized spacial score (nSPS) is 11.2. The largest absolute Gasteiger partial charge is 1.00 e. The number of thioether (sulfide) groups is 1. The van der Waals surface area contributed by atoms with E-state index >= 15 is 0 Å². The number of aliphatic carboxylic acids is 1. The van der Waals surface area contributed by atoms with E-state index in [0.717, 1.165) is 5.75 Å². The van der Waals surface area contributed by atoms with Gasteiger partial charge in [0.1, 0.15) is 6.10 Å². The minimum absolute atomic E-state index is 0. The summed E-state index contributed by atoms with van der Waals surface area (Å²) in [6.45, 7) is 3.62. The minimum atomic E-state index is -1.21. The fourth-order valence-electron chi connectivity index (χ4n) is 0.566. The van der Waals surface area contributed by atoms with Crippen LogP contribution in [0, 0.1) is 0 Å². The van der Waals surface area contributed by atoms with Gasteiger partial charge in [-0.1, -0.05) is 25.6 Å². The van der Waals surface area contributed by atoms with Gasteiger partial charge < -0.3 is 14.6 Å². The molecule has 0 aliphatic heterocycles.